The van der Waals surface area contributed by atoms with Crippen molar-refractivity contribution in [3.05, 3.63) is 24.3 Å². The number of unbranched alkanes of at least 4 members (excludes halogenated alkanes) is 13. The molecule has 12 nitrogen and oxygen atoms in total. The fraction of sp³-hybridized carbons (Fsp3) is 0.854. The van der Waals surface area contributed by atoms with Gasteiger partial charge in [-0.3, -0.25) is 18.6 Å². The highest BCUT2D eigenvalue weighted by atomic mass is 31.2. The molecular weight excluding hydrogens is 713 g/mol. The monoisotopic (exact) mass is 791 g/mol. The van der Waals surface area contributed by atoms with Crippen molar-refractivity contribution in [1.29, 1.82) is 0 Å². The van der Waals surface area contributed by atoms with E-state index in [4.69, 9.17) is 18.5 Å². The molecule has 0 aromatic heterocycles. The van der Waals surface area contributed by atoms with Crippen molar-refractivity contribution in [3.63, 3.8) is 0 Å². The summed E-state index contributed by atoms with van der Waals surface area (Å²) in [5.41, 5.74) is 0. The minimum absolute atomic E-state index is 0.0243. The summed E-state index contributed by atoms with van der Waals surface area (Å²) >= 11 is 0. The lowest BCUT2D eigenvalue weighted by Crippen LogP contribution is -2.37. The first-order valence-electron chi connectivity index (χ1n) is 20.8. The molecule has 0 heterocycles. The molecular formula is C41H77NO11P+. The van der Waals surface area contributed by atoms with Crippen molar-refractivity contribution in [3.8, 4) is 0 Å². The van der Waals surface area contributed by atoms with Crippen LogP contribution in [0.25, 0.3) is 0 Å². The zero-order valence-corrected chi connectivity index (χ0v) is 35.2. The molecule has 0 radical (unpaired) electrons. The maximum absolute atomic E-state index is 12.8. The number of aliphatic hydroxyl groups excluding tert-OH is 3. The zero-order chi connectivity index (χ0) is 40.2. The molecule has 4 N–H and O–H groups in total. The molecule has 1 aliphatic carbocycles. The van der Waals surface area contributed by atoms with Crippen LogP contribution in [0.1, 0.15) is 142 Å². The van der Waals surface area contributed by atoms with Crippen molar-refractivity contribution in [1.82, 2.24) is 0 Å². The molecule has 0 bridgehead atoms. The van der Waals surface area contributed by atoms with E-state index >= 15 is 0 Å². The van der Waals surface area contributed by atoms with Gasteiger partial charge in [-0.1, -0.05) is 128 Å². The number of allylic oxidation sites excluding steroid dienone is 1. The van der Waals surface area contributed by atoms with Gasteiger partial charge < -0.3 is 34.2 Å². The molecule has 0 amide bonds. The summed E-state index contributed by atoms with van der Waals surface area (Å²) in [5.74, 6) is -1.71. The summed E-state index contributed by atoms with van der Waals surface area (Å²) in [4.78, 5) is 35.5. The summed E-state index contributed by atoms with van der Waals surface area (Å²) in [6.45, 7) is 3.92. The van der Waals surface area contributed by atoms with E-state index in [0.717, 1.165) is 38.5 Å². The Kier molecular flexibility index (Phi) is 27.6. The molecule has 13 heteroatoms. The molecule has 1 rings (SSSR count). The highest BCUT2D eigenvalue weighted by Gasteiger charge is 2.39. The molecule has 54 heavy (non-hydrogen) atoms. The van der Waals surface area contributed by atoms with Gasteiger partial charge in [-0.15, -0.1) is 0 Å². The van der Waals surface area contributed by atoms with E-state index in [1.54, 1.807) is 24.3 Å². The maximum atomic E-state index is 12.8. The van der Waals surface area contributed by atoms with E-state index in [1.165, 1.54) is 51.4 Å². The van der Waals surface area contributed by atoms with E-state index in [-0.39, 0.29) is 44.3 Å². The Hall–Kier alpha value is -1.63. The Balaban J connectivity index is 2.61. The lowest BCUT2D eigenvalue weighted by molar-refractivity contribution is -0.870. The van der Waals surface area contributed by atoms with Crippen LogP contribution in [-0.2, 0) is 32.7 Å². The molecule has 1 saturated carbocycles. The number of esters is 2. The lowest BCUT2D eigenvalue weighted by Gasteiger charge is -2.24. The van der Waals surface area contributed by atoms with Crippen LogP contribution in [0.3, 0.4) is 0 Å². The summed E-state index contributed by atoms with van der Waals surface area (Å²) in [6, 6.07) is 0. The number of carbonyl (C=O) groups excluding carboxylic acids is 2. The molecule has 316 valence electrons. The summed E-state index contributed by atoms with van der Waals surface area (Å²) in [5, 5.41) is 31.4. The highest BCUT2D eigenvalue weighted by Crippen LogP contribution is 2.43. The largest absolute Gasteiger partial charge is 0.472 e. The first-order valence-corrected chi connectivity index (χ1v) is 22.3. The van der Waals surface area contributed by atoms with Gasteiger partial charge in [0.15, 0.2) is 6.10 Å². The molecule has 0 aromatic rings. The molecule has 1 unspecified atom stereocenters. The highest BCUT2D eigenvalue weighted by molar-refractivity contribution is 7.47. The van der Waals surface area contributed by atoms with E-state index < -0.39 is 50.8 Å². The molecule has 0 aliphatic heterocycles. The number of ether oxygens (including phenoxy) is 2. The van der Waals surface area contributed by atoms with Crippen LogP contribution < -0.4 is 0 Å². The van der Waals surface area contributed by atoms with Gasteiger partial charge in [0, 0.05) is 18.8 Å². The normalized spacial score (nSPS) is 21.4. The second-order valence-corrected chi connectivity index (χ2v) is 17.5. The topological polar surface area (TPSA) is 169 Å². The number of nitrogens with zero attached hydrogens (tertiary/aromatic N) is 1. The smallest absolute Gasteiger partial charge is 0.462 e. The van der Waals surface area contributed by atoms with Crippen LogP contribution >= 0.6 is 7.82 Å². The van der Waals surface area contributed by atoms with Crippen LogP contribution in [0.5, 0.6) is 0 Å². The first kappa shape index (κ1) is 50.4. The van der Waals surface area contributed by atoms with Gasteiger partial charge in [-0.25, -0.2) is 4.57 Å². The number of hydrogen-bond acceptors (Lipinski definition) is 10. The molecule has 0 saturated heterocycles. The van der Waals surface area contributed by atoms with E-state index in [1.807, 2.05) is 21.1 Å². The molecule has 0 aromatic carbocycles. The van der Waals surface area contributed by atoms with Gasteiger partial charge in [-0.2, -0.15) is 0 Å². The van der Waals surface area contributed by atoms with Crippen molar-refractivity contribution in [2.75, 3.05) is 47.5 Å². The van der Waals surface area contributed by atoms with Crippen LogP contribution in [0.4, 0.5) is 0 Å². The Morgan fingerprint density at radius 2 is 1.39 bits per heavy atom. The van der Waals surface area contributed by atoms with Crippen LogP contribution in [-0.4, -0.2) is 109 Å². The number of quaternary nitrogens is 1. The Morgan fingerprint density at radius 1 is 0.796 bits per heavy atom. The predicted molar refractivity (Wildman–Crippen MR) is 212 cm³/mol. The molecule has 7 atom stereocenters. The van der Waals surface area contributed by atoms with Crippen LogP contribution in [0, 0.1) is 11.8 Å². The second-order valence-electron chi connectivity index (χ2n) is 16.0. The van der Waals surface area contributed by atoms with Crippen molar-refractivity contribution >= 4 is 19.8 Å². The third-order valence-corrected chi connectivity index (χ3v) is 10.8. The Morgan fingerprint density at radius 3 is 2.00 bits per heavy atom. The minimum atomic E-state index is -4.46. The molecule has 1 fully saturated rings. The average molecular weight is 791 g/mol. The Labute approximate surface area is 326 Å². The second kappa shape index (κ2) is 29.6. The fourth-order valence-electron chi connectivity index (χ4n) is 6.46. The van der Waals surface area contributed by atoms with E-state index in [0.29, 0.717) is 30.3 Å². The van der Waals surface area contributed by atoms with E-state index in [9.17, 15) is 34.4 Å². The summed E-state index contributed by atoms with van der Waals surface area (Å²) in [6.07, 6.45) is 22.1. The zero-order valence-electron chi connectivity index (χ0n) is 34.3. The third-order valence-electron chi connectivity index (χ3n) is 9.84. The number of rotatable bonds is 33. The number of aliphatic hydroxyl groups is 3. The summed E-state index contributed by atoms with van der Waals surface area (Å²) in [7, 11) is 1.28. The van der Waals surface area contributed by atoms with Crippen LogP contribution in [0.15, 0.2) is 24.3 Å². The number of hydrogen-bond donors (Lipinski definition) is 4. The fourth-order valence-corrected chi connectivity index (χ4v) is 7.20. The summed E-state index contributed by atoms with van der Waals surface area (Å²) < 4.78 is 34.1. The predicted octanol–water partition coefficient (Wildman–Crippen LogP) is 7.56. The Bertz CT molecular complexity index is 1100. The van der Waals surface area contributed by atoms with Crippen molar-refractivity contribution < 1.29 is 57.4 Å². The quantitative estimate of drug-likeness (QED) is 0.0170. The first-order chi connectivity index (χ1) is 25.7. The SMILES string of the molecule is CCCCCCCCCCCCCCC(=O)OC[C@H](COP(=O)(O)OCC[N+](C)(C)C)OC(=O)C/C=C\C[C@H]1[C@@H](/C=C/[C@H](O)CCCCC)[C@H](O)C[C@@H]1O. The number of carbonyl (C=O) groups is 2. The molecule has 1 aliphatic rings. The number of phosphoric ester groups is 1. The van der Waals surface area contributed by atoms with Gasteiger partial charge in [-0.05, 0) is 25.2 Å². The lowest BCUT2D eigenvalue weighted by atomic mass is 9.89. The average Bonchev–Trinajstić information content (AvgIpc) is 3.37. The van der Waals surface area contributed by atoms with Crippen LogP contribution in [0.2, 0.25) is 0 Å². The van der Waals surface area contributed by atoms with Gasteiger partial charge in [0.2, 0.25) is 0 Å². The van der Waals surface area contributed by atoms with E-state index in [2.05, 4.69) is 13.8 Å². The van der Waals surface area contributed by atoms with Crippen molar-refractivity contribution in [2.24, 2.45) is 11.8 Å². The van der Waals surface area contributed by atoms with Gasteiger partial charge >= 0.3 is 19.8 Å². The van der Waals surface area contributed by atoms with Gasteiger partial charge in [0.05, 0.1) is 52.5 Å². The number of phosphoric acid groups is 1. The van der Waals surface area contributed by atoms with Gasteiger partial charge in [0.25, 0.3) is 0 Å². The third kappa shape index (κ3) is 26.3. The van der Waals surface area contributed by atoms with Crippen molar-refractivity contribution in [2.45, 2.75) is 167 Å². The maximum Gasteiger partial charge on any atom is 0.472 e. The minimum Gasteiger partial charge on any atom is -0.462 e. The van der Waals surface area contributed by atoms with Gasteiger partial charge in [0.1, 0.15) is 19.8 Å². The standard InChI is InChI=1S/C41H76NO11P/c1-6-8-10-11-12-13-14-15-16-17-18-20-25-40(46)50-32-35(33-52-54(48,49)51-30-29-42(3,4)5)53-41(47)26-22-21-24-36-37(39(45)31-38(36)44)28-27-34(43)23-19-9-7-2/h21-22,27-28,34-39,43-45H,6-20,23-26,29-33H2,1-5H3/p+1/b22-21-,28-27+/t34-,35-,36+,37-,38+,39-/m1/s1. The molecule has 0 spiro atoms. The number of likely N-dealkylation sites (N-methyl/N-ethyl adjacent to an activating group) is 1.